The van der Waals surface area contributed by atoms with Gasteiger partial charge in [-0.1, -0.05) is 28.8 Å². The van der Waals surface area contributed by atoms with Gasteiger partial charge in [0.2, 0.25) is 0 Å². The molecule has 4 aromatic rings. The smallest absolute Gasteiger partial charge is 0.333 e. The normalized spacial score (nSPS) is 20.2. The van der Waals surface area contributed by atoms with Gasteiger partial charge in [0.1, 0.15) is 36.6 Å². The summed E-state index contributed by atoms with van der Waals surface area (Å²) in [5.41, 5.74) is 11.1. The number of anilines is 1. The van der Waals surface area contributed by atoms with Gasteiger partial charge in [-0.3, -0.25) is 4.57 Å². The Morgan fingerprint density at radius 3 is 2.77 bits per heavy atom. The first-order chi connectivity index (χ1) is 19.4. The summed E-state index contributed by atoms with van der Waals surface area (Å²) in [5.74, 6) is 0.380. The number of carboxylic acid groups (broad SMARTS) is 1. The van der Waals surface area contributed by atoms with Crippen LogP contribution in [0, 0.1) is 0 Å². The average Bonchev–Trinajstić information content (AvgIpc) is 3.53. The number of nitrogens with one attached hydrogen (secondary N) is 1. The summed E-state index contributed by atoms with van der Waals surface area (Å²) >= 11 is 6.25. The molecule has 3 heterocycles. The number of imidazole rings is 1. The molecular weight excluding hydrogens is 544 g/mol. The molecule has 1 saturated heterocycles. The Morgan fingerprint density at radius 1 is 1.25 bits per heavy atom. The third-order valence-electron chi connectivity index (χ3n) is 6.32. The lowest BCUT2D eigenvalue weighted by molar-refractivity contribution is -0.152. The van der Waals surface area contributed by atoms with Crippen LogP contribution in [0.25, 0.3) is 21.6 Å². The highest BCUT2D eigenvalue weighted by Crippen LogP contribution is 2.34. The van der Waals surface area contributed by atoms with Gasteiger partial charge in [0.15, 0.2) is 29.3 Å². The van der Waals surface area contributed by atoms with Crippen molar-refractivity contribution in [3.8, 4) is 11.5 Å². The molecule has 0 amide bonds. The number of aromatic nitrogens is 4. The second-order valence-corrected chi connectivity index (χ2v) is 9.20. The van der Waals surface area contributed by atoms with Crippen molar-refractivity contribution in [2.75, 3.05) is 12.4 Å². The van der Waals surface area contributed by atoms with E-state index in [4.69, 9.17) is 31.3 Å². The first-order valence-electron chi connectivity index (χ1n) is 12.0. The number of methoxy groups -OCH3 is 1. The summed E-state index contributed by atoms with van der Waals surface area (Å²) in [7, 11) is 1.61. The lowest BCUT2D eigenvalue weighted by atomic mass is 10.1. The summed E-state index contributed by atoms with van der Waals surface area (Å²) in [5, 5.41) is 27.3. The van der Waals surface area contributed by atoms with Crippen LogP contribution in [0.3, 0.4) is 0 Å². The molecule has 1 fully saturated rings. The van der Waals surface area contributed by atoms with E-state index in [0.717, 1.165) is 16.9 Å². The molecule has 15 heteroatoms. The van der Waals surface area contributed by atoms with Crippen LogP contribution in [0.4, 0.5) is 5.82 Å². The number of aliphatic hydroxyl groups excluding tert-OH is 1. The number of nitrogens with zero attached hydrogens (tertiary/aromatic N) is 7. The molecule has 5 rings (SSSR count). The van der Waals surface area contributed by atoms with E-state index in [2.05, 4.69) is 30.3 Å². The Bertz CT molecular complexity index is 1580. The van der Waals surface area contributed by atoms with Crippen LogP contribution in [-0.2, 0) is 22.7 Å². The van der Waals surface area contributed by atoms with Gasteiger partial charge in [-0.15, -0.1) is 0 Å². The van der Waals surface area contributed by atoms with E-state index in [1.54, 1.807) is 25.3 Å². The molecule has 14 nitrogen and oxygen atoms in total. The Balaban J connectivity index is 1.35. The zero-order valence-electron chi connectivity index (χ0n) is 21.0. The topological polar surface area (TPSA) is 190 Å². The fourth-order valence-corrected chi connectivity index (χ4v) is 4.53. The first kappa shape index (κ1) is 27.0. The largest absolute Gasteiger partial charge is 0.497 e. The van der Waals surface area contributed by atoms with E-state index in [0.29, 0.717) is 28.7 Å². The molecule has 4 unspecified atom stereocenters. The minimum Gasteiger partial charge on any atom is -0.497 e. The van der Waals surface area contributed by atoms with Gasteiger partial charge in [-0.2, -0.15) is 0 Å². The van der Waals surface area contributed by atoms with Gasteiger partial charge in [-0.05, 0) is 41.4 Å². The van der Waals surface area contributed by atoms with Crippen molar-refractivity contribution >= 4 is 34.6 Å². The van der Waals surface area contributed by atoms with Gasteiger partial charge in [0.05, 0.1) is 13.4 Å². The summed E-state index contributed by atoms with van der Waals surface area (Å²) < 4.78 is 18.1. The Labute approximate surface area is 231 Å². The van der Waals surface area contributed by atoms with E-state index >= 15 is 0 Å². The van der Waals surface area contributed by atoms with Crippen LogP contribution in [0.15, 0.2) is 60.2 Å². The second-order valence-electron chi connectivity index (χ2n) is 8.76. The number of halogens is 1. The number of hydrogen-bond acceptors (Lipinski definition) is 10. The van der Waals surface area contributed by atoms with Gasteiger partial charge >= 0.3 is 5.97 Å². The molecule has 2 aromatic carbocycles. The van der Waals surface area contributed by atoms with Crippen LogP contribution in [-0.4, -0.2) is 61.1 Å². The summed E-state index contributed by atoms with van der Waals surface area (Å²) in [6.45, 7) is 0.610. The van der Waals surface area contributed by atoms with Crippen LogP contribution in [0.2, 0.25) is 5.02 Å². The summed E-state index contributed by atoms with van der Waals surface area (Å²) in [6.07, 6.45) is -1.54. The lowest BCUT2D eigenvalue weighted by Crippen LogP contribution is -2.34. The minimum absolute atomic E-state index is 0.273. The summed E-state index contributed by atoms with van der Waals surface area (Å²) in [4.78, 5) is 27.1. The third kappa shape index (κ3) is 5.42. The number of carboxylic acids is 1. The molecule has 0 radical (unpaired) electrons. The molecule has 0 aliphatic carbocycles. The summed E-state index contributed by atoms with van der Waals surface area (Å²) in [6, 6.07) is 11.5. The first-order valence-corrected chi connectivity index (χ1v) is 12.3. The number of hydrogen-bond donors (Lipinski definition) is 3. The van der Waals surface area contributed by atoms with E-state index < -0.39 is 30.4 Å². The number of azide groups is 1. The van der Waals surface area contributed by atoms with E-state index in [-0.39, 0.29) is 12.2 Å². The molecule has 0 saturated carbocycles. The molecule has 3 N–H and O–H groups in total. The van der Waals surface area contributed by atoms with Crippen LogP contribution >= 0.6 is 11.6 Å². The molecule has 0 bridgehead atoms. The second kappa shape index (κ2) is 11.6. The zero-order valence-corrected chi connectivity index (χ0v) is 21.7. The quantitative estimate of drug-likeness (QED) is 0.145. The molecule has 1 aliphatic rings. The fraction of sp³-hybridized carbons (Fsp3) is 0.280. The number of fused-ring (bicyclic) bond motifs is 1. The third-order valence-corrected chi connectivity index (χ3v) is 6.56. The van der Waals surface area contributed by atoms with Crippen molar-refractivity contribution < 1.29 is 29.2 Å². The maximum atomic E-state index is 11.6. The highest BCUT2D eigenvalue weighted by atomic mass is 35.5. The van der Waals surface area contributed by atoms with Gasteiger partial charge < -0.3 is 29.7 Å². The monoisotopic (exact) mass is 566 g/mol. The van der Waals surface area contributed by atoms with Crippen molar-refractivity contribution in [1.82, 2.24) is 19.5 Å². The Kier molecular flexibility index (Phi) is 7.84. The standard InChI is InChI=1S/C25H23ClN8O6/c1-38-16-5-2-13(3-6-16)10-39-17-7-4-15(26)8-14(17)9-28-22-19-23(30-11-29-22)34(12-31-19)24-20(35)18(32-33-27)21(40-24)25(36)37/h2-8,11-12,18,20-21,24,35H,9-10H2,1H3,(H,36,37)(H,28,29,30). The molecule has 2 aromatic heterocycles. The molecular formula is C25H23ClN8O6. The van der Waals surface area contributed by atoms with Crippen molar-refractivity contribution in [3.63, 3.8) is 0 Å². The average molecular weight is 567 g/mol. The van der Waals surface area contributed by atoms with Gasteiger partial charge in [-0.25, -0.2) is 19.7 Å². The lowest BCUT2D eigenvalue weighted by Gasteiger charge is -2.17. The maximum absolute atomic E-state index is 11.6. The fourth-order valence-electron chi connectivity index (χ4n) is 4.34. The minimum atomic E-state index is -1.54. The van der Waals surface area contributed by atoms with Crippen molar-refractivity contribution in [1.29, 1.82) is 0 Å². The van der Waals surface area contributed by atoms with Crippen LogP contribution < -0.4 is 14.8 Å². The molecule has 1 aliphatic heterocycles. The van der Waals surface area contributed by atoms with E-state index in [1.807, 2.05) is 24.3 Å². The number of aliphatic hydroxyl groups is 1. The Morgan fingerprint density at radius 2 is 2.05 bits per heavy atom. The number of rotatable bonds is 10. The predicted octanol–water partition coefficient (Wildman–Crippen LogP) is 3.70. The molecule has 4 atom stereocenters. The number of carbonyl (C=O) groups is 1. The highest BCUT2D eigenvalue weighted by molar-refractivity contribution is 6.30. The zero-order chi connectivity index (χ0) is 28.2. The van der Waals surface area contributed by atoms with Gasteiger partial charge in [0.25, 0.3) is 0 Å². The predicted molar refractivity (Wildman–Crippen MR) is 142 cm³/mol. The van der Waals surface area contributed by atoms with Crippen molar-refractivity contribution in [2.24, 2.45) is 5.11 Å². The Hall–Kier alpha value is -4.62. The van der Waals surface area contributed by atoms with Gasteiger partial charge in [0, 0.05) is 22.0 Å². The number of ether oxygens (including phenoxy) is 3. The van der Waals surface area contributed by atoms with Crippen LogP contribution in [0.5, 0.6) is 11.5 Å². The van der Waals surface area contributed by atoms with Crippen molar-refractivity contribution in [3.05, 3.63) is 81.7 Å². The van der Waals surface area contributed by atoms with E-state index in [1.165, 1.54) is 17.2 Å². The highest BCUT2D eigenvalue weighted by Gasteiger charge is 2.48. The molecule has 206 valence electrons. The number of aliphatic carboxylic acids is 1. The molecule has 0 spiro atoms. The van der Waals surface area contributed by atoms with Crippen LogP contribution in [0.1, 0.15) is 17.4 Å². The maximum Gasteiger partial charge on any atom is 0.333 e. The van der Waals surface area contributed by atoms with E-state index in [9.17, 15) is 15.0 Å². The SMILES string of the molecule is COc1ccc(COc2ccc(Cl)cc2CNc2ncnc3c2ncn3C2OC(C(=O)O)C(N=[N+]=[N-])C2O)cc1. The molecule has 40 heavy (non-hydrogen) atoms. The van der Waals surface area contributed by atoms with Crippen molar-refractivity contribution in [2.45, 2.75) is 37.6 Å². The number of benzene rings is 2.